The molecule has 1 N–H and O–H groups in total. The molecule has 2 aromatic carbocycles. The van der Waals surface area contributed by atoms with Crippen LogP contribution in [0.1, 0.15) is 5.56 Å². The average molecular weight is 417 g/mol. The summed E-state index contributed by atoms with van der Waals surface area (Å²) >= 11 is 6.35. The molecule has 1 aliphatic rings. The van der Waals surface area contributed by atoms with Gasteiger partial charge in [0.2, 0.25) is 0 Å². The fourth-order valence-corrected chi connectivity index (χ4v) is 3.66. The molecular weight excluding hydrogens is 402 g/mol. The number of hydrazine groups is 1. The molecule has 0 saturated carbocycles. The quantitative estimate of drug-likeness (QED) is 0.328. The first-order valence-electron chi connectivity index (χ1n) is 7.94. The highest BCUT2D eigenvalue weighted by Gasteiger charge is 2.34. The summed E-state index contributed by atoms with van der Waals surface area (Å²) in [5, 5.41) is 12.3. The highest BCUT2D eigenvalue weighted by molar-refractivity contribution is 8.26. The molecule has 0 aromatic heterocycles. The molecule has 1 amide bonds. The number of ether oxygens (including phenoxy) is 2. The van der Waals surface area contributed by atoms with Gasteiger partial charge >= 0.3 is 0 Å². The number of thioether (sulfide) groups is 1. The van der Waals surface area contributed by atoms with Gasteiger partial charge in [-0.15, -0.1) is 0 Å². The van der Waals surface area contributed by atoms with Gasteiger partial charge in [0.15, 0.2) is 4.32 Å². The minimum Gasteiger partial charge on any atom is -0.497 e. The second kappa shape index (κ2) is 8.28. The van der Waals surface area contributed by atoms with Crippen LogP contribution in [0.5, 0.6) is 11.5 Å². The van der Waals surface area contributed by atoms with Crippen LogP contribution in [-0.4, -0.2) is 34.4 Å². The van der Waals surface area contributed by atoms with Gasteiger partial charge in [0.05, 0.1) is 24.0 Å². The number of rotatable bonds is 6. The molecule has 10 heteroatoms. The van der Waals surface area contributed by atoms with Gasteiger partial charge < -0.3 is 9.47 Å². The molecule has 28 heavy (non-hydrogen) atoms. The largest absolute Gasteiger partial charge is 0.497 e. The molecular formula is C18H15N3O5S2. The molecule has 1 fully saturated rings. The molecule has 2 aromatic rings. The van der Waals surface area contributed by atoms with Crippen molar-refractivity contribution in [3.63, 3.8) is 0 Å². The van der Waals surface area contributed by atoms with E-state index in [-0.39, 0.29) is 15.7 Å². The van der Waals surface area contributed by atoms with Gasteiger partial charge in [-0.3, -0.25) is 20.3 Å². The summed E-state index contributed by atoms with van der Waals surface area (Å²) in [5.74, 6) is 0.752. The Morgan fingerprint density at radius 1 is 1.21 bits per heavy atom. The van der Waals surface area contributed by atoms with Crippen molar-refractivity contribution in [2.75, 3.05) is 19.6 Å². The SMILES string of the molecule is COc1ccc(/C=C2/SC(=S)N(Nc3ccccc3[N+](=O)[O-])C2=O)c(OC)c1. The predicted molar refractivity (Wildman–Crippen MR) is 111 cm³/mol. The zero-order chi connectivity index (χ0) is 20.3. The first-order valence-corrected chi connectivity index (χ1v) is 9.17. The maximum absolute atomic E-state index is 12.8. The summed E-state index contributed by atoms with van der Waals surface area (Å²) in [6, 6.07) is 11.2. The van der Waals surface area contributed by atoms with Crippen LogP contribution in [0.4, 0.5) is 11.4 Å². The number of carbonyl (C=O) groups is 1. The summed E-state index contributed by atoms with van der Waals surface area (Å²) in [7, 11) is 3.07. The number of anilines is 1. The van der Waals surface area contributed by atoms with E-state index < -0.39 is 10.8 Å². The molecule has 1 aliphatic heterocycles. The Kier molecular flexibility index (Phi) is 5.81. The molecule has 0 aliphatic carbocycles. The Balaban J connectivity index is 1.88. The Morgan fingerprint density at radius 2 is 1.96 bits per heavy atom. The molecule has 0 unspecified atom stereocenters. The highest BCUT2D eigenvalue weighted by atomic mass is 32.2. The van der Waals surface area contributed by atoms with Gasteiger partial charge in [-0.1, -0.05) is 23.9 Å². The molecule has 3 rings (SSSR count). The number of nitro benzene ring substituents is 1. The van der Waals surface area contributed by atoms with E-state index >= 15 is 0 Å². The van der Waals surface area contributed by atoms with E-state index in [9.17, 15) is 14.9 Å². The number of nitrogens with one attached hydrogen (secondary N) is 1. The van der Waals surface area contributed by atoms with Crippen LogP contribution in [-0.2, 0) is 4.79 Å². The van der Waals surface area contributed by atoms with E-state index in [1.165, 1.54) is 19.2 Å². The molecule has 1 saturated heterocycles. The third kappa shape index (κ3) is 3.92. The van der Waals surface area contributed by atoms with Crippen molar-refractivity contribution in [3.8, 4) is 11.5 Å². The maximum atomic E-state index is 12.8. The third-order valence-corrected chi connectivity index (χ3v) is 5.16. The number of nitro groups is 1. The lowest BCUT2D eigenvalue weighted by atomic mass is 10.1. The second-order valence-corrected chi connectivity index (χ2v) is 7.19. The van der Waals surface area contributed by atoms with Gasteiger partial charge in [0, 0.05) is 17.7 Å². The highest BCUT2D eigenvalue weighted by Crippen LogP contribution is 2.36. The normalized spacial score (nSPS) is 15.1. The Hall–Kier alpha value is -3.11. The fourth-order valence-electron chi connectivity index (χ4n) is 2.49. The summed E-state index contributed by atoms with van der Waals surface area (Å²) in [6.45, 7) is 0. The number of methoxy groups -OCH3 is 2. The van der Waals surface area contributed by atoms with E-state index in [0.29, 0.717) is 22.0 Å². The molecule has 0 bridgehead atoms. The number of benzene rings is 2. The van der Waals surface area contributed by atoms with Crippen LogP contribution < -0.4 is 14.9 Å². The van der Waals surface area contributed by atoms with Crippen LogP contribution in [0.2, 0.25) is 0 Å². The molecule has 0 atom stereocenters. The standard InChI is InChI=1S/C18H15N3O5S2/c1-25-12-8-7-11(15(10-12)26-2)9-16-17(22)20(18(27)28-16)19-13-5-3-4-6-14(13)21(23)24/h3-10,19H,1-2H3/b16-9+. The van der Waals surface area contributed by atoms with Crippen LogP contribution >= 0.6 is 24.0 Å². The van der Waals surface area contributed by atoms with Crippen molar-refractivity contribution in [2.45, 2.75) is 0 Å². The minimum absolute atomic E-state index is 0.155. The number of thiocarbonyl (C=S) groups is 1. The van der Waals surface area contributed by atoms with E-state index in [2.05, 4.69) is 5.43 Å². The van der Waals surface area contributed by atoms with Crippen molar-refractivity contribution >= 4 is 51.7 Å². The first-order chi connectivity index (χ1) is 13.4. The lowest BCUT2D eigenvalue weighted by Gasteiger charge is -2.16. The average Bonchev–Trinajstić information content (AvgIpc) is 2.96. The first kappa shape index (κ1) is 19.6. The zero-order valence-electron chi connectivity index (χ0n) is 14.9. The van der Waals surface area contributed by atoms with Crippen molar-refractivity contribution in [3.05, 3.63) is 63.0 Å². The van der Waals surface area contributed by atoms with Crippen molar-refractivity contribution in [1.82, 2.24) is 5.01 Å². The Bertz CT molecular complexity index is 993. The van der Waals surface area contributed by atoms with Gasteiger partial charge in [-0.2, -0.15) is 0 Å². The van der Waals surface area contributed by atoms with Crippen LogP contribution in [0.15, 0.2) is 47.4 Å². The van der Waals surface area contributed by atoms with Crippen LogP contribution in [0, 0.1) is 10.1 Å². The van der Waals surface area contributed by atoms with E-state index in [1.807, 2.05) is 0 Å². The lowest BCUT2D eigenvalue weighted by molar-refractivity contribution is -0.384. The number of hydrogen-bond donors (Lipinski definition) is 1. The smallest absolute Gasteiger partial charge is 0.294 e. The minimum atomic E-state index is -0.530. The Morgan fingerprint density at radius 3 is 2.64 bits per heavy atom. The number of nitrogens with zero attached hydrogens (tertiary/aromatic N) is 2. The molecule has 0 spiro atoms. The number of amides is 1. The van der Waals surface area contributed by atoms with Gasteiger partial charge in [-0.05, 0) is 36.5 Å². The monoisotopic (exact) mass is 417 g/mol. The molecule has 144 valence electrons. The maximum Gasteiger partial charge on any atom is 0.294 e. The van der Waals surface area contributed by atoms with Crippen molar-refractivity contribution in [1.29, 1.82) is 0 Å². The topological polar surface area (TPSA) is 93.9 Å². The summed E-state index contributed by atoms with van der Waals surface area (Å²) in [6.07, 6.45) is 1.65. The number of carbonyl (C=O) groups excluding carboxylic acids is 1. The fraction of sp³-hybridized carbons (Fsp3) is 0.111. The van der Waals surface area contributed by atoms with Crippen LogP contribution in [0.25, 0.3) is 6.08 Å². The number of hydrogen-bond acceptors (Lipinski definition) is 8. The lowest BCUT2D eigenvalue weighted by Crippen LogP contribution is -2.34. The molecule has 0 radical (unpaired) electrons. The summed E-state index contributed by atoms with van der Waals surface area (Å²) in [5.41, 5.74) is 3.43. The van der Waals surface area contributed by atoms with Gasteiger partial charge in [0.25, 0.3) is 11.6 Å². The van der Waals surface area contributed by atoms with Gasteiger partial charge in [0.1, 0.15) is 17.2 Å². The second-order valence-electron chi connectivity index (χ2n) is 5.51. The van der Waals surface area contributed by atoms with Crippen molar-refractivity contribution < 1.29 is 19.2 Å². The van der Waals surface area contributed by atoms with Gasteiger partial charge in [-0.25, -0.2) is 5.01 Å². The third-order valence-electron chi connectivity index (χ3n) is 3.85. The van der Waals surface area contributed by atoms with E-state index in [1.54, 1.807) is 43.5 Å². The Labute approximate surface area is 170 Å². The van der Waals surface area contributed by atoms with E-state index in [4.69, 9.17) is 21.7 Å². The van der Waals surface area contributed by atoms with Crippen LogP contribution in [0.3, 0.4) is 0 Å². The predicted octanol–water partition coefficient (Wildman–Crippen LogP) is 3.84. The van der Waals surface area contributed by atoms with Crippen molar-refractivity contribution in [2.24, 2.45) is 0 Å². The number of para-hydroxylation sites is 2. The summed E-state index contributed by atoms with van der Waals surface area (Å²) in [4.78, 5) is 23.8. The van der Waals surface area contributed by atoms with E-state index in [0.717, 1.165) is 16.8 Å². The summed E-state index contributed by atoms with van der Waals surface area (Å²) < 4.78 is 10.7. The zero-order valence-corrected chi connectivity index (χ0v) is 16.5. The molecule has 8 nitrogen and oxygen atoms in total. The molecule has 1 heterocycles.